The molecule has 0 aromatic heterocycles. The molecule has 1 rings (SSSR count). The van der Waals surface area contributed by atoms with Crippen LogP contribution >= 0.6 is 11.6 Å². The number of ether oxygens (including phenoxy) is 2. The minimum atomic E-state index is -0.794. The second kappa shape index (κ2) is 6.86. The predicted molar refractivity (Wildman–Crippen MR) is 63.5 cm³/mol. The average Bonchev–Trinajstić information content (AvgIpc) is 2.29. The third-order valence-electron chi connectivity index (χ3n) is 2.13. The Morgan fingerprint density at radius 3 is 2.06 bits per heavy atom. The predicted octanol–water partition coefficient (Wildman–Crippen LogP) is 2.77. The molecule has 0 aliphatic rings. The van der Waals surface area contributed by atoms with E-state index in [1.807, 2.05) is 13.8 Å². The van der Waals surface area contributed by atoms with Gasteiger partial charge in [0, 0.05) is 18.2 Å². The lowest BCUT2D eigenvalue weighted by Gasteiger charge is -2.22. The molecule has 3 nitrogen and oxygen atoms in total. The first kappa shape index (κ1) is 13.5. The fourth-order valence-corrected chi connectivity index (χ4v) is 1.50. The van der Waals surface area contributed by atoms with Crippen LogP contribution in [-0.2, 0) is 9.47 Å². The molecule has 16 heavy (non-hydrogen) atoms. The van der Waals surface area contributed by atoms with Gasteiger partial charge in [0.2, 0.25) is 0 Å². The number of aliphatic hydroxyl groups excluding tert-OH is 1. The van der Waals surface area contributed by atoms with Crippen molar-refractivity contribution in [2.75, 3.05) is 13.2 Å². The van der Waals surface area contributed by atoms with E-state index in [2.05, 4.69) is 0 Å². The average molecular weight is 245 g/mol. The van der Waals surface area contributed by atoms with E-state index >= 15 is 0 Å². The molecule has 0 aliphatic carbocycles. The van der Waals surface area contributed by atoms with E-state index in [0.717, 1.165) is 5.56 Å². The van der Waals surface area contributed by atoms with Crippen LogP contribution in [0, 0.1) is 0 Å². The molecule has 0 radical (unpaired) electrons. The van der Waals surface area contributed by atoms with Crippen LogP contribution in [0.15, 0.2) is 24.3 Å². The third-order valence-corrected chi connectivity index (χ3v) is 2.38. The number of hydrogen-bond donors (Lipinski definition) is 1. The van der Waals surface area contributed by atoms with Gasteiger partial charge in [0.05, 0.1) is 0 Å². The highest BCUT2D eigenvalue weighted by Gasteiger charge is 2.21. The Bertz CT molecular complexity index is 294. The summed E-state index contributed by atoms with van der Waals surface area (Å²) >= 11 is 5.77. The van der Waals surface area contributed by atoms with E-state index in [0.29, 0.717) is 18.2 Å². The zero-order valence-corrected chi connectivity index (χ0v) is 10.3. The van der Waals surface area contributed by atoms with E-state index in [1.54, 1.807) is 24.3 Å². The van der Waals surface area contributed by atoms with Crippen molar-refractivity contribution in [1.82, 2.24) is 0 Å². The molecule has 0 saturated carbocycles. The van der Waals surface area contributed by atoms with Gasteiger partial charge in [-0.05, 0) is 31.5 Å². The lowest BCUT2D eigenvalue weighted by molar-refractivity contribution is -0.191. The van der Waals surface area contributed by atoms with Gasteiger partial charge in [-0.15, -0.1) is 0 Å². The largest absolute Gasteiger partial charge is 0.383 e. The molecule has 4 heteroatoms. The van der Waals surface area contributed by atoms with E-state index in [4.69, 9.17) is 21.1 Å². The van der Waals surface area contributed by atoms with Gasteiger partial charge in [0.15, 0.2) is 6.29 Å². The van der Waals surface area contributed by atoms with Crippen molar-refractivity contribution in [2.24, 2.45) is 0 Å². The van der Waals surface area contributed by atoms with Crippen LogP contribution in [0.3, 0.4) is 0 Å². The first-order valence-electron chi connectivity index (χ1n) is 5.35. The van der Waals surface area contributed by atoms with Gasteiger partial charge in [-0.25, -0.2) is 0 Å². The monoisotopic (exact) mass is 244 g/mol. The Morgan fingerprint density at radius 2 is 1.62 bits per heavy atom. The Hall–Kier alpha value is -0.610. The Kier molecular flexibility index (Phi) is 5.77. The molecule has 0 heterocycles. The maximum atomic E-state index is 10.0. The van der Waals surface area contributed by atoms with Crippen molar-refractivity contribution < 1.29 is 14.6 Å². The fraction of sp³-hybridized carbons (Fsp3) is 0.500. The van der Waals surface area contributed by atoms with E-state index in [1.165, 1.54) is 0 Å². The lowest BCUT2D eigenvalue weighted by atomic mass is 10.1. The minimum Gasteiger partial charge on any atom is -0.383 e. The summed E-state index contributed by atoms with van der Waals surface area (Å²) in [4.78, 5) is 0. The number of benzene rings is 1. The number of aliphatic hydroxyl groups is 1. The van der Waals surface area contributed by atoms with Gasteiger partial charge in [0.25, 0.3) is 0 Å². The summed E-state index contributed by atoms with van der Waals surface area (Å²) in [7, 11) is 0. The van der Waals surface area contributed by atoms with Gasteiger partial charge in [-0.3, -0.25) is 0 Å². The normalized spacial score (nSPS) is 13.1. The summed E-state index contributed by atoms with van der Waals surface area (Å²) in [5.74, 6) is 0. The molecule has 0 saturated heterocycles. The van der Waals surface area contributed by atoms with Crippen LogP contribution in [0.4, 0.5) is 0 Å². The first-order valence-corrected chi connectivity index (χ1v) is 5.73. The number of rotatable bonds is 6. The van der Waals surface area contributed by atoms with Gasteiger partial charge >= 0.3 is 0 Å². The zero-order chi connectivity index (χ0) is 12.0. The molecule has 90 valence electrons. The third kappa shape index (κ3) is 3.76. The highest BCUT2D eigenvalue weighted by atomic mass is 35.5. The molecule has 1 N–H and O–H groups in total. The molecule has 0 fully saturated rings. The van der Waals surface area contributed by atoms with Gasteiger partial charge < -0.3 is 14.6 Å². The Morgan fingerprint density at radius 1 is 1.12 bits per heavy atom. The SMILES string of the molecule is CCOC(OCC)[C@H](O)c1ccc(Cl)cc1. The molecule has 0 bridgehead atoms. The van der Waals surface area contributed by atoms with Crippen LogP contribution in [0.5, 0.6) is 0 Å². The summed E-state index contributed by atoms with van der Waals surface area (Å²) < 4.78 is 10.6. The summed E-state index contributed by atoms with van der Waals surface area (Å²) in [6, 6.07) is 6.99. The lowest BCUT2D eigenvalue weighted by Crippen LogP contribution is -2.25. The molecule has 0 unspecified atom stereocenters. The highest BCUT2D eigenvalue weighted by molar-refractivity contribution is 6.30. The number of halogens is 1. The van der Waals surface area contributed by atoms with Crippen LogP contribution in [0.1, 0.15) is 25.5 Å². The van der Waals surface area contributed by atoms with Crippen molar-refractivity contribution >= 4 is 11.6 Å². The fourth-order valence-electron chi connectivity index (χ4n) is 1.38. The Balaban J connectivity index is 2.72. The number of hydrogen-bond acceptors (Lipinski definition) is 3. The van der Waals surface area contributed by atoms with Crippen molar-refractivity contribution in [3.05, 3.63) is 34.9 Å². The summed E-state index contributed by atoms with van der Waals surface area (Å²) in [5, 5.41) is 10.7. The molecule has 0 amide bonds. The quantitative estimate of drug-likeness (QED) is 0.782. The van der Waals surface area contributed by atoms with Crippen LogP contribution in [0.25, 0.3) is 0 Å². The minimum absolute atomic E-state index is 0.495. The van der Waals surface area contributed by atoms with Crippen LogP contribution < -0.4 is 0 Å². The summed E-state index contributed by atoms with van der Waals surface area (Å²) in [5.41, 5.74) is 0.733. The van der Waals surface area contributed by atoms with Crippen LogP contribution in [0.2, 0.25) is 5.02 Å². The standard InChI is InChI=1S/C12H17ClO3/c1-3-15-12(16-4-2)11(14)9-5-7-10(13)8-6-9/h5-8,11-12,14H,3-4H2,1-2H3/t11-/m1/s1. The molecule has 0 aliphatic heterocycles. The molecular weight excluding hydrogens is 228 g/mol. The van der Waals surface area contributed by atoms with Gasteiger partial charge in [-0.2, -0.15) is 0 Å². The first-order chi connectivity index (χ1) is 7.69. The molecule has 1 atom stereocenters. The maximum absolute atomic E-state index is 10.0. The zero-order valence-electron chi connectivity index (χ0n) is 9.52. The van der Waals surface area contributed by atoms with Crippen molar-refractivity contribution in [3.63, 3.8) is 0 Å². The highest BCUT2D eigenvalue weighted by Crippen LogP contribution is 2.21. The van der Waals surface area contributed by atoms with Crippen molar-refractivity contribution in [3.8, 4) is 0 Å². The van der Waals surface area contributed by atoms with Crippen molar-refractivity contribution in [2.45, 2.75) is 26.2 Å². The van der Waals surface area contributed by atoms with Gasteiger partial charge in [0.1, 0.15) is 6.10 Å². The topological polar surface area (TPSA) is 38.7 Å². The molecule has 0 spiro atoms. The van der Waals surface area contributed by atoms with E-state index in [9.17, 15) is 5.11 Å². The van der Waals surface area contributed by atoms with E-state index in [-0.39, 0.29) is 0 Å². The molecule has 1 aromatic carbocycles. The molecular formula is C12H17ClO3. The van der Waals surface area contributed by atoms with Crippen LogP contribution in [-0.4, -0.2) is 24.6 Å². The molecule has 1 aromatic rings. The van der Waals surface area contributed by atoms with E-state index < -0.39 is 12.4 Å². The summed E-state index contributed by atoms with van der Waals surface area (Å²) in [6.45, 7) is 4.71. The van der Waals surface area contributed by atoms with Gasteiger partial charge in [-0.1, -0.05) is 23.7 Å². The Labute approximate surface area is 101 Å². The second-order valence-electron chi connectivity index (χ2n) is 3.28. The van der Waals surface area contributed by atoms with Crippen molar-refractivity contribution in [1.29, 1.82) is 0 Å². The second-order valence-corrected chi connectivity index (χ2v) is 3.71. The summed E-state index contributed by atoms with van der Waals surface area (Å²) in [6.07, 6.45) is -1.42. The maximum Gasteiger partial charge on any atom is 0.187 e. The smallest absolute Gasteiger partial charge is 0.187 e.